The Morgan fingerprint density at radius 2 is 1.56 bits per heavy atom. The van der Waals surface area contributed by atoms with Crippen LogP contribution < -0.4 is 10.6 Å². The first-order valence-corrected chi connectivity index (χ1v) is 6.52. The van der Waals surface area contributed by atoms with Gasteiger partial charge in [0.2, 0.25) is 11.7 Å². The second kappa shape index (κ2) is 7.11. The zero-order valence-electron chi connectivity index (χ0n) is 12.1. The third kappa shape index (κ3) is 3.82. The number of hydrogen-bond acceptors (Lipinski definition) is 4. The smallest absolute Gasteiger partial charge is 0.271 e. The van der Waals surface area contributed by atoms with E-state index in [9.17, 15) is 36.9 Å². The highest BCUT2D eigenvalue weighted by Gasteiger charge is 2.26. The van der Waals surface area contributed by atoms with Crippen molar-refractivity contribution >= 4 is 23.0 Å². The predicted molar refractivity (Wildman–Crippen MR) is 76.4 cm³/mol. The number of nitro benzene ring substituents is 1. The molecule has 6 nitrogen and oxygen atoms in total. The van der Waals surface area contributed by atoms with Crippen LogP contribution >= 0.6 is 0 Å². The van der Waals surface area contributed by atoms with Gasteiger partial charge in [-0.1, -0.05) is 6.07 Å². The number of anilines is 2. The van der Waals surface area contributed by atoms with E-state index < -0.39 is 52.1 Å². The van der Waals surface area contributed by atoms with Crippen LogP contribution in [0.5, 0.6) is 0 Å². The highest BCUT2D eigenvalue weighted by Crippen LogP contribution is 2.27. The van der Waals surface area contributed by atoms with E-state index in [-0.39, 0.29) is 11.4 Å². The Morgan fingerprint density at radius 3 is 2.12 bits per heavy atom. The number of nitrogens with zero attached hydrogens (tertiary/aromatic N) is 1. The first-order chi connectivity index (χ1) is 11.7. The molecule has 0 heterocycles. The molecule has 0 aliphatic carbocycles. The molecule has 0 unspecified atom stereocenters. The Labute approximate surface area is 136 Å². The minimum Gasteiger partial charge on any atom is -0.376 e. The number of nitrogens with one attached hydrogen (secondary N) is 2. The van der Waals surface area contributed by atoms with Gasteiger partial charge in [0.05, 0.1) is 11.5 Å². The topological polar surface area (TPSA) is 84.3 Å². The molecule has 2 aromatic rings. The van der Waals surface area contributed by atoms with E-state index in [2.05, 4.69) is 5.32 Å². The largest absolute Gasteiger partial charge is 0.376 e. The lowest BCUT2D eigenvalue weighted by Crippen LogP contribution is -2.24. The van der Waals surface area contributed by atoms with Crippen LogP contribution in [0, 0.1) is 39.2 Å². The summed E-state index contributed by atoms with van der Waals surface area (Å²) in [6.07, 6.45) is 0. The van der Waals surface area contributed by atoms with Crippen molar-refractivity contribution in [2.45, 2.75) is 0 Å². The summed E-state index contributed by atoms with van der Waals surface area (Å²) >= 11 is 0. The van der Waals surface area contributed by atoms with Gasteiger partial charge in [0.15, 0.2) is 23.3 Å². The summed E-state index contributed by atoms with van der Waals surface area (Å²) in [5.41, 5.74) is -1.62. The highest BCUT2D eigenvalue weighted by atomic mass is 19.2. The van der Waals surface area contributed by atoms with Gasteiger partial charge in [-0.2, -0.15) is 0 Å². The molecule has 0 atom stereocenters. The Hall–Kier alpha value is -3.24. The van der Waals surface area contributed by atoms with E-state index >= 15 is 0 Å². The maximum atomic E-state index is 13.4. The van der Waals surface area contributed by atoms with Gasteiger partial charge in [-0.25, -0.2) is 22.0 Å². The van der Waals surface area contributed by atoms with Crippen molar-refractivity contribution in [3.8, 4) is 0 Å². The lowest BCUT2D eigenvalue weighted by atomic mass is 10.2. The van der Waals surface area contributed by atoms with Gasteiger partial charge in [0.25, 0.3) is 5.69 Å². The molecule has 0 radical (unpaired) electrons. The maximum Gasteiger partial charge on any atom is 0.271 e. The van der Waals surface area contributed by atoms with Crippen LogP contribution in [0.4, 0.5) is 39.0 Å². The van der Waals surface area contributed by atoms with Crippen molar-refractivity contribution in [1.29, 1.82) is 0 Å². The van der Waals surface area contributed by atoms with Crippen LogP contribution in [0.1, 0.15) is 0 Å². The fourth-order valence-electron chi connectivity index (χ4n) is 1.81. The predicted octanol–water partition coefficient (Wildman–Crippen LogP) is 3.34. The van der Waals surface area contributed by atoms with Crippen LogP contribution in [0.25, 0.3) is 0 Å². The summed E-state index contributed by atoms with van der Waals surface area (Å²) in [6, 6.07) is 4.98. The van der Waals surface area contributed by atoms with Crippen LogP contribution in [-0.2, 0) is 4.79 Å². The van der Waals surface area contributed by atoms with Crippen molar-refractivity contribution in [2.75, 3.05) is 17.2 Å². The number of hydrogen-bond donors (Lipinski definition) is 2. The molecular formula is C14H8F5N3O3. The quantitative estimate of drug-likeness (QED) is 0.281. The van der Waals surface area contributed by atoms with E-state index in [0.717, 1.165) is 6.07 Å². The third-order valence-electron chi connectivity index (χ3n) is 2.98. The van der Waals surface area contributed by atoms with Gasteiger partial charge in [-0.05, 0) is 6.07 Å². The van der Waals surface area contributed by atoms with Crippen molar-refractivity contribution in [3.63, 3.8) is 0 Å². The Kier molecular flexibility index (Phi) is 5.15. The van der Waals surface area contributed by atoms with Gasteiger partial charge in [-0.15, -0.1) is 0 Å². The number of benzene rings is 2. The second-order valence-electron chi connectivity index (χ2n) is 4.65. The van der Waals surface area contributed by atoms with Gasteiger partial charge in [0, 0.05) is 17.8 Å². The molecule has 2 aromatic carbocycles. The summed E-state index contributed by atoms with van der Waals surface area (Å²) in [6.45, 7) is -0.638. The molecule has 2 rings (SSSR count). The number of rotatable bonds is 5. The molecule has 11 heteroatoms. The minimum absolute atomic E-state index is 0.141. The lowest BCUT2D eigenvalue weighted by molar-refractivity contribution is -0.384. The summed E-state index contributed by atoms with van der Waals surface area (Å²) in [5, 5.41) is 14.6. The number of carbonyl (C=O) groups is 1. The molecule has 0 aromatic heterocycles. The van der Waals surface area contributed by atoms with E-state index in [4.69, 9.17) is 0 Å². The fraction of sp³-hybridized carbons (Fsp3) is 0.0714. The van der Waals surface area contributed by atoms with Crippen molar-refractivity contribution < 1.29 is 31.7 Å². The molecule has 2 N–H and O–H groups in total. The zero-order chi connectivity index (χ0) is 18.7. The average molecular weight is 361 g/mol. The maximum absolute atomic E-state index is 13.4. The summed E-state index contributed by atoms with van der Waals surface area (Å²) in [4.78, 5) is 21.6. The number of halogens is 5. The molecule has 0 aliphatic heterocycles. The molecule has 0 fully saturated rings. The number of amides is 1. The number of nitro groups is 1. The first kappa shape index (κ1) is 18.1. The molecule has 0 spiro atoms. The third-order valence-corrected chi connectivity index (χ3v) is 2.98. The van der Waals surface area contributed by atoms with Crippen LogP contribution in [0.2, 0.25) is 0 Å². The zero-order valence-corrected chi connectivity index (χ0v) is 12.1. The first-order valence-electron chi connectivity index (χ1n) is 6.52. The fourth-order valence-corrected chi connectivity index (χ4v) is 1.81. The van der Waals surface area contributed by atoms with E-state index in [1.807, 2.05) is 0 Å². The molecule has 0 saturated heterocycles. The Balaban J connectivity index is 2.11. The summed E-state index contributed by atoms with van der Waals surface area (Å²) < 4.78 is 65.8. The molecule has 132 valence electrons. The van der Waals surface area contributed by atoms with Crippen LogP contribution in [0.15, 0.2) is 24.3 Å². The van der Waals surface area contributed by atoms with E-state index in [0.29, 0.717) is 0 Å². The monoisotopic (exact) mass is 361 g/mol. The van der Waals surface area contributed by atoms with E-state index in [1.54, 1.807) is 5.32 Å². The lowest BCUT2D eigenvalue weighted by Gasteiger charge is -2.11. The molecule has 25 heavy (non-hydrogen) atoms. The SMILES string of the molecule is O=C(CNc1cccc([N+](=O)[O-])c1)Nc1c(F)c(F)c(F)c(F)c1F. The van der Waals surface area contributed by atoms with Crippen LogP contribution in [0.3, 0.4) is 0 Å². The highest BCUT2D eigenvalue weighted by molar-refractivity contribution is 5.94. The molecule has 1 amide bonds. The Morgan fingerprint density at radius 1 is 1.00 bits per heavy atom. The summed E-state index contributed by atoms with van der Waals surface area (Å²) in [5.74, 6) is -12.2. The van der Waals surface area contributed by atoms with Crippen molar-refractivity contribution in [3.05, 3.63) is 63.5 Å². The summed E-state index contributed by atoms with van der Waals surface area (Å²) in [7, 11) is 0. The average Bonchev–Trinajstić information content (AvgIpc) is 2.60. The van der Waals surface area contributed by atoms with Gasteiger partial charge >= 0.3 is 0 Å². The normalized spacial score (nSPS) is 10.4. The second-order valence-corrected chi connectivity index (χ2v) is 4.65. The van der Waals surface area contributed by atoms with Gasteiger partial charge in [0.1, 0.15) is 5.69 Å². The molecule has 0 bridgehead atoms. The van der Waals surface area contributed by atoms with Crippen LogP contribution in [-0.4, -0.2) is 17.4 Å². The number of carbonyl (C=O) groups excluding carboxylic acids is 1. The Bertz CT molecular complexity index is 831. The molecule has 0 saturated carbocycles. The minimum atomic E-state index is -2.34. The molecular weight excluding hydrogens is 353 g/mol. The van der Waals surface area contributed by atoms with Crippen molar-refractivity contribution in [1.82, 2.24) is 0 Å². The standard InChI is InChI=1S/C14H8F5N3O3/c15-9-10(16)12(18)14(13(19)11(9)17)21-8(23)5-20-6-2-1-3-7(4-6)22(24)25/h1-4,20H,5H2,(H,21,23). The molecule has 0 aliphatic rings. The van der Waals surface area contributed by atoms with E-state index in [1.165, 1.54) is 18.2 Å². The van der Waals surface area contributed by atoms with Gasteiger partial charge < -0.3 is 10.6 Å². The van der Waals surface area contributed by atoms with Gasteiger partial charge in [-0.3, -0.25) is 14.9 Å². The van der Waals surface area contributed by atoms with Crippen molar-refractivity contribution in [2.24, 2.45) is 0 Å². The number of non-ortho nitro benzene ring substituents is 1.